The van der Waals surface area contributed by atoms with Crippen molar-refractivity contribution >= 4 is 17.5 Å². The largest absolute Gasteiger partial charge is 0.370 e. The Balaban J connectivity index is 1.62. The van der Waals surface area contributed by atoms with Crippen molar-refractivity contribution in [1.82, 2.24) is 9.97 Å². The Labute approximate surface area is 161 Å². The summed E-state index contributed by atoms with van der Waals surface area (Å²) in [4.78, 5) is 13.3. The molecule has 0 saturated carbocycles. The molecular weight excluding hydrogens is 334 g/mol. The number of nitrogen functional groups attached to an aromatic ring is 1. The summed E-state index contributed by atoms with van der Waals surface area (Å²) >= 11 is 0. The van der Waals surface area contributed by atoms with Gasteiger partial charge in [0.25, 0.3) is 0 Å². The number of allylic oxidation sites excluding steroid dienone is 1. The molecule has 0 spiro atoms. The second-order valence-corrected chi connectivity index (χ2v) is 6.94. The van der Waals surface area contributed by atoms with Crippen LogP contribution in [-0.4, -0.2) is 28.8 Å². The lowest BCUT2D eigenvalue weighted by Crippen LogP contribution is -2.09. The molecule has 0 amide bonds. The molecule has 0 aliphatic carbocycles. The van der Waals surface area contributed by atoms with E-state index in [-0.39, 0.29) is 0 Å². The maximum absolute atomic E-state index is 5.76. The van der Waals surface area contributed by atoms with Gasteiger partial charge in [-0.05, 0) is 48.5 Å². The monoisotopic (exact) mass is 363 g/mol. The van der Waals surface area contributed by atoms with Gasteiger partial charge in [0.05, 0.1) is 12.3 Å². The molecule has 2 aromatic rings. The SMILES string of the molecule is CCCCNc1nc(N)ncc1CCC1=CC(c2ccc(CC)cc2)=NC1. The summed E-state index contributed by atoms with van der Waals surface area (Å²) in [5.41, 5.74) is 11.9. The van der Waals surface area contributed by atoms with E-state index in [2.05, 4.69) is 59.5 Å². The Morgan fingerprint density at radius 1 is 1.11 bits per heavy atom. The van der Waals surface area contributed by atoms with Crippen LogP contribution in [0.1, 0.15) is 49.8 Å². The van der Waals surface area contributed by atoms with E-state index >= 15 is 0 Å². The number of anilines is 2. The lowest BCUT2D eigenvalue weighted by atomic mass is 10.0. The number of nitrogens with one attached hydrogen (secondary N) is 1. The smallest absolute Gasteiger partial charge is 0.221 e. The van der Waals surface area contributed by atoms with Crippen molar-refractivity contribution in [3.8, 4) is 0 Å². The molecule has 2 heterocycles. The fraction of sp³-hybridized carbons (Fsp3) is 0.409. The number of aromatic nitrogens is 2. The van der Waals surface area contributed by atoms with Crippen LogP contribution in [0.25, 0.3) is 0 Å². The third-order valence-electron chi connectivity index (χ3n) is 4.87. The van der Waals surface area contributed by atoms with Gasteiger partial charge in [-0.3, -0.25) is 4.99 Å². The minimum absolute atomic E-state index is 0.318. The number of unbranched alkanes of at least 4 members (excludes halogenated alkanes) is 1. The highest BCUT2D eigenvalue weighted by Crippen LogP contribution is 2.21. The Kier molecular flexibility index (Phi) is 6.58. The van der Waals surface area contributed by atoms with Crippen molar-refractivity contribution in [1.29, 1.82) is 0 Å². The molecule has 3 rings (SSSR count). The highest BCUT2D eigenvalue weighted by atomic mass is 15.1. The summed E-state index contributed by atoms with van der Waals surface area (Å²) in [6.07, 6.45) is 9.23. The molecule has 0 bridgehead atoms. The molecular formula is C22H29N5. The molecule has 0 unspecified atom stereocenters. The van der Waals surface area contributed by atoms with E-state index in [0.717, 1.165) is 62.3 Å². The number of hydrogen-bond donors (Lipinski definition) is 2. The zero-order chi connectivity index (χ0) is 19.1. The second kappa shape index (κ2) is 9.31. The summed E-state index contributed by atoms with van der Waals surface area (Å²) in [5.74, 6) is 1.19. The summed E-state index contributed by atoms with van der Waals surface area (Å²) in [6, 6.07) is 8.70. The van der Waals surface area contributed by atoms with Crippen LogP contribution in [0.2, 0.25) is 0 Å². The van der Waals surface area contributed by atoms with Crippen molar-refractivity contribution in [3.05, 3.63) is 58.8 Å². The number of aliphatic imine (C=N–C) groups is 1. The molecule has 0 atom stereocenters. The number of nitrogens with zero attached hydrogens (tertiary/aromatic N) is 3. The minimum Gasteiger partial charge on any atom is -0.370 e. The first kappa shape index (κ1) is 19.1. The Morgan fingerprint density at radius 2 is 1.93 bits per heavy atom. The Bertz CT molecular complexity index is 821. The van der Waals surface area contributed by atoms with Gasteiger partial charge in [-0.2, -0.15) is 4.98 Å². The van der Waals surface area contributed by atoms with Gasteiger partial charge in [-0.25, -0.2) is 4.98 Å². The van der Waals surface area contributed by atoms with Crippen molar-refractivity contribution in [2.24, 2.45) is 4.99 Å². The molecule has 5 heteroatoms. The van der Waals surface area contributed by atoms with Crippen LogP contribution < -0.4 is 11.1 Å². The van der Waals surface area contributed by atoms with Crippen LogP contribution in [0.5, 0.6) is 0 Å². The van der Waals surface area contributed by atoms with Crippen LogP contribution in [-0.2, 0) is 12.8 Å². The van der Waals surface area contributed by atoms with Crippen molar-refractivity contribution in [2.45, 2.75) is 46.0 Å². The van der Waals surface area contributed by atoms with Gasteiger partial charge < -0.3 is 11.1 Å². The van der Waals surface area contributed by atoms with E-state index in [4.69, 9.17) is 10.7 Å². The number of hydrogen-bond acceptors (Lipinski definition) is 5. The maximum atomic E-state index is 5.76. The zero-order valence-corrected chi connectivity index (χ0v) is 16.3. The normalized spacial score (nSPS) is 13.4. The van der Waals surface area contributed by atoms with E-state index in [9.17, 15) is 0 Å². The maximum Gasteiger partial charge on any atom is 0.221 e. The molecule has 0 fully saturated rings. The molecule has 1 aliphatic rings. The van der Waals surface area contributed by atoms with E-state index in [1.807, 2.05) is 6.20 Å². The van der Waals surface area contributed by atoms with Gasteiger partial charge in [0, 0.05) is 18.3 Å². The first-order chi connectivity index (χ1) is 13.2. The van der Waals surface area contributed by atoms with Gasteiger partial charge in [0.15, 0.2) is 0 Å². The topological polar surface area (TPSA) is 76.2 Å². The van der Waals surface area contributed by atoms with Gasteiger partial charge in [0.2, 0.25) is 5.95 Å². The van der Waals surface area contributed by atoms with Crippen LogP contribution in [0.15, 0.2) is 47.1 Å². The predicted octanol–water partition coefficient (Wildman–Crippen LogP) is 4.20. The van der Waals surface area contributed by atoms with E-state index in [1.54, 1.807) is 0 Å². The van der Waals surface area contributed by atoms with Crippen molar-refractivity contribution < 1.29 is 0 Å². The first-order valence-corrected chi connectivity index (χ1v) is 9.88. The van der Waals surface area contributed by atoms with Crippen LogP contribution in [0.3, 0.4) is 0 Å². The number of nitrogens with two attached hydrogens (primary N) is 1. The Morgan fingerprint density at radius 3 is 2.67 bits per heavy atom. The molecule has 3 N–H and O–H groups in total. The molecule has 5 nitrogen and oxygen atoms in total. The Hall–Kier alpha value is -2.69. The van der Waals surface area contributed by atoms with Gasteiger partial charge in [-0.15, -0.1) is 0 Å². The fourth-order valence-corrected chi connectivity index (χ4v) is 3.14. The standard InChI is InChI=1S/C22H29N5/c1-3-5-12-24-21-19(15-26-22(23)27-21)11-8-17-13-20(25-14-17)18-9-6-16(4-2)7-10-18/h6-7,9-10,13,15H,3-5,8,11-12,14H2,1-2H3,(H3,23,24,26,27). The lowest BCUT2D eigenvalue weighted by molar-refractivity contribution is 0.824. The van der Waals surface area contributed by atoms with Gasteiger partial charge in [0.1, 0.15) is 5.82 Å². The molecule has 27 heavy (non-hydrogen) atoms. The van der Waals surface area contributed by atoms with Gasteiger partial charge >= 0.3 is 0 Å². The molecule has 1 aromatic carbocycles. The number of rotatable bonds is 9. The third-order valence-corrected chi connectivity index (χ3v) is 4.87. The summed E-state index contributed by atoms with van der Waals surface area (Å²) in [7, 11) is 0. The van der Waals surface area contributed by atoms with E-state index < -0.39 is 0 Å². The highest BCUT2D eigenvalue weighted by Gasteiger charge is 2.12. The predicted molar refractivity (Wildman–Crippen MR) is 113 cm³/mol. The summed E-state index contributed by atoms with van der Waals surface area (Å²) < 4.78 is 0. The first-order valence-electron chi connectivity index (χ1n) is 9.88. The molecule has 142 valence electrons. The summed E-state index contributed by atoms with van der Waals surface area (Å²) in [6.45, 7) is 6.03. The van der Waals surface area contributed by atoms with Crippen LogP contribution in [0.4, 0.5) is 11.8 Å². The molecule has 1 aliphatic heterocycles. The number of aryl methyl sites for hydroxylation is 2. The zero-order valence-electron chi connectivity index (χ0n) is 16.3. The number of benzene rings is 1. The molecule has 1 aromatic heterocycles. The van der Waals surface area contributed by atoms with Gasteiger partial charge in [-0.1, -0.05) is 44.5 Å². The third kappa shape index (κ3) is 5.16. The molecule has 0 saturated heterocycles. The van der Waals surface area contributed by atoms with Crippen LogP contribution in [0, 0.1) is 0 Å². The average Bonchev–Trinajstić information content (AvgIpc) is 3.17. The van der Waals surface area contributed by atoms with E-state index in [0.29, 0.717) is 5.95 Å². The van der Waals surface area contributed by atoms with E-state index in [1.165, 1.54) is 16.7 Å². The highest BCUT2D eigenvalue weighted by molar-refractivity contribution is 6.10. The minimum atomic E-state index is 0.318. The average molecular weight is 364 g/mol. The van der Waals surface area contributed by atoms with Crippen molar-refractivity contribution in [3.63, 3.8) is 0 Å². The lowest BCUT2D eigenvalue weighted by Gasteiger charge is -2.11. The quantitative estimate of drug-likeness (QED) is 0.655. The molecule has 0 radical (unpaired) electrons. The fourth-order valence-electron chi connectivity index (χ4n) is 3.14. The van der Waals surface area contributed by atoms with Crippen molar-refractivity contribution in [2.75, 3.05) is 24.1 Å². The van der Waals surface area contributed by atoms with Crippen LogP contribution >= 0.6 is 0 Å². The second-order valence-electron chi connectivity index (χ2n) is 6.94. The summed E-state index contributed by atoms with van der Waals surface area (Å²) in [5, 5.41) is 3.40.